The molecule has 5 nitrogen and oxygen atoms in total. The summed E-state index contributed by atoms with van der Waals surface area (Å²) in [5.74, 6) is 2.80. The molecule has 0 spiro atoms. The minimum atomic E-state index is 0.127. The van der Waals surface area contributed by atoms with Crippen molar-refractivity contribution in [3.63, 3.8) is 0 Å². The highest BCUT2D eigenvalue weighted by atomic mass is 16.5. The van der Waals surface area contributed by atoms with Crippen molar-refractivity contribution in [2.75, 3.05) is 40.4 Å². The first kappa shape index (κ1) is 20.7. The molecule has 1 amide bonds. The van der Waals surface area contributed by atoms with Crippen molar-refractivity contribution in [1.82, 2.24) is 9.80 Å². The standard InChI is InChI=1S/C23H34N2O3/c1-17(2)15-24-13-11-20-19(16-24)6-5-12-25(20)23(26)10-8-18-7-9-21(27-3)22(14-18)28-4/h7-10,14,17,19-20H,5-6,11-13,15-16H2,1-4H3/b10-8+/t19-,20+/m0/s1. The Balaban J connectivity index is 1.65. The third-order valence-corrected chi connectivity index (χ3v) is 5.88. The van der Waals surface area contributed by atoms with Gasteiger partial charge in [0.25, 0.3) is 0 Å². The van der Waals surface area contributed by atoms with Crippen molar-refractivity contribution in [3.8, 4) is 11.5 Å². The molecule has 3 rings (SSSR count). The highest BCUT2D eigenvalue weighted by Gasteiger charge is 2.37. The Hall–Kier alpha value is -2.01. The maximum absolute atomic E-state index is 12.9. The van der Waals surface area contributed by atoms with Gasteiger partial charge in [0.1, 0.15) is 0 Å². The van der Waals surface area contributed by atoms with Gasteiger partial charge in [0, 0.05) is 38.3 Å². The van der Waals surface area contributed by atoms with E-state index in [0.29, 0.717) is 29.4 Å². The van der Waals surface area contributed by atoms with E-state index in [1.807, 2.05) is 24.3 Å². The normalized spacial score (nSPS) is 23.1. The van der Waals surface area contributed by atoms with Crippen LogP contribution in [0.3, 0.4) is 0 Å². The topological polar surface area (TPSA) is 42.0 Å². The molecule has 1 aromatic rings. The van der Waals surface area contributed by atoms with Crippen molar-refractivity contribution in [3.05, 3.63) is 29.8 Å². The summed E-state index contributed by atoms with van der Waals surface area (Å²) < 4.78 is 10.6. The monoisotopic (exact) mass is 386 g/mol. The Morgan fingerprint density at radius 3 is 2.68 bits per heavy atom. The van der Waals surface area contributed by atoms with E-state index in [-0.39, 0.29) is 5.91 Å². The molecule has 2 heterocycles. The number of carbonyl (C=O) groups excluding carboxylic acids is 1. The Labute approximate surface area is 169 Å². The summed E-state index contributed by atoms with van der Waals surface area (Å²) >= 11 is 0. The van der Waals surface area contributed by atoms with Gasteiger partial charge in [-0.2, -0.15) is 0 Å². The fourth-order valence-electron chi connectivity index (χ4n) is 4.65. The van der Waals surface area contributed by atoms with Gasteiger partial charge >= 0.3 is 0 Å². The van der Waals surface area contributed by atoms with Crippen LogP contribution in [0.25, 0.3) is 6.08 Å². The predicted molar refractivity (Wildman–Crippen MR) is 113 cm³/mol. The number of nitrogens with zero attached hydrogens (tertiary/aromatic N) is 2. The lowest BCUT2D eigenvalue weighted by molar-refractivity contribution is -0.133. The van der Waals surface area contributed by atoms with Crippen LogP contribution in [-0.2, 0) is 4.79 Å². The van der Waals surface area contributed by atoms with E-state index in [1.165, 1.54) is 6.42 Å². The van der Waals surface area contributed by atoms with Crippen LogP contribution >= 0.6 is 0 Å². The number of amides is 1. The average molecular weight is 387 g/mol. The second-order valence-corrected chi connectivity index (χ2v) is 8.39. The van der Waals surface area contributed by atoms with Crippen LogP contribution in [0.5, 0.6) is 11.5 Å². The van der Waals surface area contributed by atoms with Gasteiger partial charge < -0.3 is 19.3 Å². The molecule has 2 saturated heterocycles. The summed E-state index contributed by atoms with van der Waals surface area (Å²) in [5, 5.41) is 0. The number of hydrogen-bond donors (Lipinski definition) is 0. The van der Waals surface area contributed by atoms with Crippen LogP contribution in [0, 0.1) is 11.8 Å². The van der Waals surface area contributed by atoms with E-state index in [4.69, 9.17) is 9.47 Å². The van der Waals surface area contributed by atoms with Crippen LogP contribution in [0.2, 0.25) is 0 Å². The van der Waals surface area contributed by atoms with E-state index in [1.54, 1.807) is 20.3 Å². The van der Waals surface area contributed by atoms with Crippen LogP contribution in [0.15, 0.2) is 24.3 Å². The third-order valence-electron chi connectivity index (χ3n) is 5.88. The number of hydrogen-bond acceptors (Lipinski definition) is 4. The number of piperidine rings is 2. The lowest BCUT2D eigenvalue weighted by Crippen LogP contribution is -2.55. The van der Waals surface area contributed by atoms with E-state index >= 15 is 0 Å². The van der Waals surface area contributed by atoms with Gasteiger partial charge in [0.05, 0.1) is 14.2 Å². The van der Waals surface area contributed by atoms with E-state index in [9.17, 15) is 4.79 Å². The number of benzene rings is 1. The van der Waals surface area contributed by atoms with E-state index < -0.39 is 0 Å². The molecule has 0 bridgehead atoms. The highest BCUT2D eigenvalue weighted by molar-refractivity contribution is 5.92. The number of methoxy groups -OCH3 is 2. The van der Waals surface area contributed by atoms with Crippen LogP contribution in [-0.4, -0.2) is 62.1 Å². The molecular formula is C23H34N2O3. The fourth-order valence-corrected chi connectivity index (χ4v) is 4.65. The molecule has 0 unspecified atom stereocenters. The Bertz CT molecular complexity index is 701. The molecule has 2 atom stereocenters. The SMILES string of the molecule is COc1ccc(/C=C/C(=O)N2CCC[C@H]3CN(CC(C)C)CC[C@H]32)cc1OC. The average Bonchev–Trinajstić information content (AvgIpc) is 2.70. The molecule has 0 aromatic heterocycles. The third kappa shape index (κ3) is 4.88. The zero-order valence-electron chi connectivity index (χ0n) is 17.7. The van der Waals surface area contributed by atoms with Crippen LogP contribution in [0.1, 0.15) is 38.7 Å². The quantitative estimate of drug-likeness (QED) is 0.700. The Morgan fingerprint density at radius 1 is 1.18 bits per heavy atom. The molecule has 0 saturated carbocycles. The number of rotatable bonds is 6. The van der Waals surface area contributed by atoms with Crippen molar-refractivity contribution >= 4 is 12.0 Å². The minimum Gasteiger partial charge on any atom is -0.493 e. The molecule has 2 aliphatic rings. The van der Waals surface area contributed by atoms with Crippen LogP contribution in [0.4, 0.5) is 0 Å². The zero-order valence-corrected chi connectivity index (χ0v) is 17.7. The number of likely N-dealkylation sites (tertiary alicyclic amines) is 2. The predicted octanol–water partition coefficient (Wildman–Crippen LogP) is 3.69. The fraction of sp³-hybridized carbons (Fsp3) is 0.609. The van der Waals surface area contributed by atoms with Crippen molar-refractivity contribution in [1.29, 1.82) is 0 Å². The van der Waals surface area contributed by atoms with E-state index in [0.717, 1.165) is 44.6 Å². The molecule has 154 valence electrons. The molecule has 0 radical (unpaired) electrons. The summed E-state index contributed by atoms with van der Waals surface area (Å²) in [6, 6.07) is 6.09. The smallest absolute Gasteiger partial charge is 0.246 e. The lowest BCUT2D eigenvalue weighted by atomic mass is 9.83. The summed E-state index contributed by atoms with van der Waals surface area (Å²) in [6.45, 7) is 8.83. The Morgan fingerprint density at radius 2 is 1.96 bits per heavy atom. The first-order chi connectivity index (χ1) is 13.5. The van der Waals surface area contributed by atoms with Gasteiger partial charge in [-0.05, 0) is 54.9 Å². The highest BCUT2D eigenvalue weighted by Crippen LogP contribution is 2.32. The number of ether oxygens (including phenoxy) is 2. The second kappa shape index (κ2) is 9.46. The summed E-state index contributed by atoms with van der Waals surface area (Å²) in [7, 11) is 3.24. The molecule has 28 heavy (non-hydrogen) atoms. The summed E-state index contributed by atoms with van der Waals surface area (Å²) in [4.78, 5) is 17.6. The summed E-state index contributed by atoms with van der Waals surface area (Å²) in [6.07, 6.45) is 7.02. The number of carbonyl (C=O) groups is 1. The van der Waals surface area contributed by atoms with Crippen molar-refractivity contribution in [2.24, 2.45) is 11.8 Å². The zero-order chi connectivity index (χ0) is 20.1. The van der Waals surface area contributed by atoms with Gasteiger partial charge in [0.15, 0.2) is 11.5 Å². The van der Waals surface area contributed by atoms with Gasteiger partial charge in [-0.25, -0.2) is 0 Å². The number of fused-ring (bicyclic) bond motifs is 1. The molecule has 0 aliphatic carbocycles. The van der Waals surface area contributed by atoms with Gasteiger partial charge in [0.2, 0.25) is 5.91 Å². The second-order valence-electron chi connectivity index (χ2n) is 8.39. The van der Waals surface area contributed by atoms with Gasteiger partial charge in [-0.15, -0.1) is 0 Å². The van der Waals surface area contributed by atoms with Crippen LogP contribution < -0.4 is 9.47 Å². The van der Waals surface area contributed by atoms with Crippen molar-refractivity contribution in [2.45, 2.75) is 39.2 Å². The molecule has 0 N–H and O–H groups in total. The maximum atomic E-state index is 12.9. The van der Waals surface area contributed by atoms with Gasteiger partial charge in [-0.3, -0.25) is 4.79 Å². The van der Waals surface area contributed by atoms with Crippen molar-refractivity contribution < 1.29 is 14.3 Å². The molecule has 2 fully saturated rings. The minimum absolute atomic E-state index is 0.127. The van der Waals surface area contributed by atoms with E-state index in [2.05, 4.69) is 23.6 Å². The Kier molecular flexibility index (Phi) is 7.00. The molecular weight excluding hydrogens is 352 g/mol. The maximum Gasteiger partial charge on any atom is 0.246 e. The first-order valence-corrected chi connectivity index (χ1v) is 10.4. The molecule has 2 aliphatic heterocycles. The largest absolute Gasteiger partial charge is 0.493 e. The lowest BCUT2D eigenvalue weighted by Gasteiger charge is -2.47. The first-order valence-electron chi connectivity index (χ1n) is 10.4. The molecule has 1 aromatic carbocycles. The molecule has 5 heteroatoms. The van der Waals surface area contributed by atoms with Gasteiger partial charge in [-0.1, -0.05) is 19.9 Å². The summed E-state index contributed by atoms with van der Waals surface area (Å²) in [5.41, 5.74) is 0.936.